The van der Waals surface area contributed by atoms with Crippen LogP contribution in [0.2, 0.25) is 0 Å². The third kappa shape index (κ3) is 1.86. The van der Waals surface area contributed by atoms with Gasteiger partial charge in [0.15, 0.2) is 0 Å². The van der Waals surface area contributed by atoms with Gasteiger partial charge in [0.05, 0.1) is 0 Å². The van der Waals surface area contributed by atoms with E-state index in [1.54, 1.807) is 12.1 Å². The fraction of sp³-hybridized carbons (Fsp3) is 0.125. The van der Waals surface area contributed by atoms with E-state index in [0.29, 0.717) is 5.75 Å². The van der Waals surface area contributed by atoms with Crippen LogP contribution in [0, 0.1) is 6.92 Å². The van der Waals surface area contributed by atoms with Gasteiger partial charge in [-0.25, -0.2) is 0 Å². The second-order valence-corrected chi connectivity index (χ2v) is 4.62. The lowest BCUT2D eigenvalue weighted by Gasteiger charge is -2.06. The maximum absolute atomic E-state index is 9.28. The number of nitrogens with zero attached hydrogens (tertiary/aromatic N) is 1. The minimum absolute atomic E-state index is 0.312. The van der Waals surface area contributed by atoms with Gasteiger partial charge < -0.3 is 9.67 Å². The Bertz CT molecular complexity index is 680. The van der Waals surface area contributed by atoms with E-state index >= 15 is 0 Å². The molecule has 1 heterocycles. The molecule has 0 unspecified atom stereocenters. The molecule has 2 nitrogen and oxygen atoms in total. The Kier molecular flexibility index (Phi) is 2.56. The van der Waals surface area contributed by atoms with Gasteiger partial charge in [0, 0.05) is 23.6 Å². The summed E-state index contributed by atoms with van der Waals surface area (Å²) < 4.78 is 2.23. The summed E-state index contributed by atoms with van der Waals surface area (Å²) in [6.45, 7) is 2.96. The minimum Gasteiger partial charge on any atom is -0.508 e. The second kappa shape index (κ2) is 4.22. The van der Waals surface area contributed by atoms with Gasteiger partial charge in [0.2, 0.25) is 0 Å². The van der Waals surface area contributed by atoms with Crippen molar-refractivity contribution in [3.8, 4) is 5.75 Å². The molecule has 0 amide bonds. The summed E-state index contributed by atoms with van der Waals surface area (Å²) >= 11 is 0. The Hall–Kier alpha value is -2.22. The Morgan fingerprint density at radius 3 is 2.56 bits per heavy atom. The number of hydrogen-bond donors (Lipinski definition) is 1. The number of hydrogen-bond acceptors (Lipinski definition) is 1. The average Bonchev–Trinajstić information content (AvgIpc) is 2.77. The lowest BCUT2D eigenvalue weighted by molar-refractivity contribution is 0.475. The first-order chi connectivity index (χ1) is 8.74. The van der Waals surface area contributed by atoms with Gasteiger partial charge >= 0.3 is 0 Å². The molecule has 1 aromatic heterocycles. The predicted octanol–water partition coefficient (Wildman–Crippen LogP) is 3.70. The number of aromatic hydroxyl groups is 1. The largest absolute Gasteiger partial charge is 0.508 e. The highest BCUT2D eigenvalue weighted by Gasteiger charge is 2.03. The lowest BCUT2D eigenvalue weighted by Crippen LogP contribution is -1.97. The topological polar surface area (TPSA) is 25.2 Å². The molecule has 3 aromatic rings. The fourth-order valence-electron chi connectivity index (χ4n) is 2.31. The standard InChI is InChI=1S/C16H15NO/c1-12-3-2-4-16-15(12)9-10-17(16)11-13-5-7-14(18)8-6-13/h2-10,18H,11H2,1H3. The van der Waals surface area contributed by atoms with Crippen LogP contribution in [0.15, 0.2) is 54.7 Å². The van der Waals surface area contributed by atoms with Crippen LogP contribution in [0.5, 0.6) is 5.75 Å². The zero-order valence-corrected chi connectivity index (χ0v) is 10.3. The van der Waals surface area contributed by atoms with E-state index in [0.717, 1.165) is 6.54 Å². The monoisotopic (exact) mass is 237 g/mol. The number of aryl methyl sites for hydroxylation is 1. The maximum Gasteiger partial charge on any atom is 0.115 e. The Labute approximate surface area is 106 Å². The molecule has 2 aromatic carbocycles. The molecule has 0 radical (unpaired) electrons. The van der Waals surface area contributed by atoms with Crippen LogP contribution >= 0.6 is 0 Å². The molecule has 0 spiro atoms. The highest BCUT2D eigenvalue weighted by Crippen LogP contribution is 2.21. The van der Waals surface area contributed by atoms with Crippen molar-refractivity contribution >= 4 is 10.9 Å². The molecular weight excluding hydrogens is 222 g/mol. The van der Waals surface area contributed by atoms with Gasteiger partial charge in [-0.05, 0) is 42.3 Å². The molecule has 0 aliphatic carbocycles. The van der Waals surface area contributed by atoms with Crippen molar-refractivity contribution in [2.45, 2.75) is 13.5 Å². The van der Waals surface area contributed by atoms with Crippen LogP contribution in [-0.2, 0) is 6.54 Å². The molecule has 3 rings (SSSR count). The molecule has 2 heteroatoms. The van der Waals surface area contributed by atoms with Gasteiger partial charge in [-0.15, -0.1) is 0 Å². The highest BCUT2D eigenvalue weighted by molar-refractivity contribution is 5.83. The van der Waals surface area contributed by atoms with Gasteiger partial charge in [-0.3, -0.25) is 0 Å². The summed E-state index contributed by atoms with van der Waals surface area (Å²) in [5, 5.41) is 10.6. The summed E-state index contributed by atoms with van der Waals surface area (Å²) in [5.74, 6) is 0.312. The molecule has 0 atom stereocenters. The van der Waals surface area contributed by atoms with E-state index in [-0.39, 0.29) is 0 Å². The van der Waals surface area contributed by atoms with Crippen molar-refractivity contribution < 1.29 is 5.11 Å². The van der Waals surface area contributed by atoms with Crippen molar-refractivity contribution in [2.75, 3.05) is 0 Å². The first-order valence-electron chi connectivity index (χ1n) is 6.06. The summed E-state index contributed by atoms with van der Waals surface area (Å²) in [5.41, 5.74) is 3.74. The van der Waals surface area contributed by atoms with Crippen molar-refractivity contribution in [1.82, 2.24) is 4.57 Å². The van der Waals surface area contributed by atoms with E-state index in [1.807, 2.05) is 12.1 Å². The predicted molar refractivity (Wildman–Crippen MR) is 73.9 cm³/mol. The maximum atomic E-state index is 9.28. The average molecular weight is 237 g/mol. The van der Waals surface area contributed by atoms with E-state index in [4.69, 9.17) is 0 Å². The van der Waals surface area contributed by atoms with Crippen molar-refractivity contribution in [3.63, 3.8) is 0 Å². The van der Waals surface area contributed by atoms with Crippen LogP contribution in [0.3, 0.4) is 0 Å². The molecular formula is C16H15NO. The van der Waals surface area contributed by atoms with Crippen molar-refractivity contribution in [2.24, 2.45) is 0 Å². The number of fused-ring (bicyclic) bond motifs is 1. The summed E-state index contributed by atoms with van der Waals surface area (Å²) in [4.78, 5) is 0. The molecule has 0 saturated heterocycles. The van der Waals surface area contributed by atoms with Gasteiger partial charge in [-0.2, -0.15) is 0 Å². The zero-order valence-electron chi connectivity index (χ0n) is 10.3. The highest BCUT2D eigenvalue weighted by atomic mass is 16.3. The minimum atomic E-state index is 0.312. The quantitative estimate of drug-likeness (QED) is 0.722. The third-order valence-electron chi connectivity index (χ3n) is 3.32. The van der Waals surface area contributed by atoms with E-state index in [1.165, 1.54) is 22.0 Å². The SMILES string of the molecule is Cc1cccc2c1ccn2Cc1ccc(O)cc1. The zero-order chi connectivity index (χ0) is 12.5. The Morgan fingerprint density at radius 1 is 1.00 bits per heavy atom. The third-order valence-corrected chi connectivity index (χ3v) is 3.32. The lowest BCUT2D eigenvalue weighted by atomic mass is 10.1. The molecule has 0 fully saturated rings. The molecule has 90 valence electrons. The van der Waals surface area contributed by atoms with Crippen LogP contribution in [0.25, 0.3) is 10.9 Å². The summed E-state index contributed by atoms with van der Waals surface area (Å²) in [6, 6.07) is 15.9. The summed E-state index contributed by atoms with van der Waals surface area (Å²) in [6.07, 6.45) is 2.12. The van der Waals surface area contributed by atoms with Gasteiger partial charge in [0.1, 0.15) is 5.75 Å². The molecule has 0 bridgehead atoms. The molecule has 0 aliphatic rings. The van der Waals surface area contributed by atoms with Crippen LogP contribution in [0.4, 0.5) is 0 Å². The molecule has 0 saturated carbocycles. The first-order valence-corrected chi connectivity index (χ1v) is 6.06. The van der Waals surface area contributed by atoms with Crippen LogP contribution in [0.1, 0.15) is 11.1 Å². The first kappa shape index (κ1) is 10.9. The second-order valence-electron chi connectivity index (χ2n) is 4.62. The fourth-order valence-corrected chi connectivity index (χ4v) is 2.31. The van der Waals surface area contributed by atoms with Gasteiger partial charge in [-0.1, -0.05) is 24.3 Å². The Balaban J connectivity index is 2.00. The number of phenols is 1. The summed E-state index contributed by atoms with van der Waals surface area (Å²) in [7, 11) is 0. The molecule has 18 heavy (non-hydrogen) atoms. The van der Waals surface area contributed by atoms with Crippen LogP contribution in [-0.4, -0.2) is 9.67 Å². The van der Waals surface area contributed by atoms with Gasteiger partial charge in [0.25, 0.3) is 0 Å². The van der Waals surface area contributed by atoms with E-state index in [2.05, 4.69) is 42.0 Å². The number of aromatic nitrogens is 1. The molecule has 1 N–H and O–H groups in total. The van der Waals surface area contributed by atoms with Crippen LogP contribution < -0.4 is 0 Å². The van der Waals surface area contributed by atoms with E-state index < -0.39 is 0 Å². The van der Waals surface area contributed by atoms with Crippen molar-refractivity contribution in [3.05, 3.63) is 65.9 Å². The normalized spacial score (nSPS) is 10.9. The smallest absolute Gasteiger partial charge is 0.115 e. The van der Waals surface area contributed by atoms with E-state index in [9.17, 15) is 5.11 Å². The number of phenolic OH excluding ortho intramolecular Hbond substituents is 1. The Morgan fingerprint density at radius 2 is 1.78 bits per heavy atom. The van der Waals surface area contributed by atoms with Crippen molar-refractivity contribution in [1.29, 1.82) is 0 Å². The number of benzene rings is 2. The molecule has 0 aliphatic heterocycles. The number of rotatable bonds is 2.